The number of amides is 3. The Hall–Kier alpha value is -3.81. The number of hydrogen-bond donors (Lipinski definition) is 2. The summed E-state index contributed by atoms with van der Waals surface area (Å²) >= 11 is 12.1. The van der Waals surface area contributed by atoms with Gasteiger partial charge in [0, 0.05) is 16.4 Å². The van der Waals surface area contributed by atoms with Gasteiger partial charge < -0.3 is 15.4 Å². The summed E-state index contributed by atoms with van der Waals surface area (Å²) in [6, 6.07) is 20.4. The largest absolute Gasteiger partial charge is 0.494 e. The normalized spacial score (nSPS) is 13.3. The Morgan fingerprint density at radius 1 is 0.857 bits per heavy atom. The Labute approximate surface area is 212 Å². The number of nitrogens with zero attached hydrogens (tertiary/aromatic N) is 1. The van der Waals surface area contributed by atoms with Gasteiger partial charge in [0.2, 0.25) is 5.91 Å². The van der Waals surface area contributed by atoms with Crippen LogP contribution in [-0.2, 0) is 20.8 Å². The summed E-state index contributed by atoms with van der Waals surface area (Å²) in [7, 11) is 0. The van der Waals surface area contributed by atoms with E-state index in [-0.39, 0.29) is 23.1 Å². The maximum Gasteiger partial charge on any atom is 0.283 e. The fraction of sp³-hybridized carbons (Fsp3) is 0.115. The van der Waals surface area contributed by atoms with Crippen LogP contribution < -0.4 is 20.3 Å². The average Bonchev–Trinajstić information content (AvgIpc) is 3.05. The van der Waals surface area contributed by atoms with Crippen molar-refractivity contribution in [2.24, 2.45) is 0 Å². The molecule has 3 aromatic rings. The molecule has 0 atom stereocenters. The maximum atomic E-state index is 13.0. The van der Waals surface area contributed by atoms with Crippen LogP contribution in [0.2, 0.25) is 5.02 Å². The van der Waals surface area contributed by atoms with Crippen LogP contribution in [0.25, 0.3) is 0 Å². The van der Waals surface area contributed by atoms with Crippen molar-refractivity contribution in [3.05, 3.63) is 94.1 Å². The molecule has 7 nitrogen and oxygen atoms in total. The topological polar surface area (TPSA) is 87.7 Å². The lowest BCUT2D eigenvalue weighted by Crippen LogP contribution is -2.32. The molecule has 9 heteroatoms. The number of imide groups is 1. The van der Waals surface area contributed by atoms with Gasteiger partial charge in [0.05, 0.1) is 18.7 Å². The fourth-order valence-corrected chi connectivity index (χ4v) is 3.82. The van der Waals surface area contributed by atoms with Gasteiger partial charge in [-0.3, -0.25) is 14.4 Å². The first-order valence-corrected chi connectivity index (χ1v) is 11.5. The second-order valence-electron chi connectivity index (χ2n) is 7.62. The number of rotatable bonds is 8. The van der Waals surface area contributed by atoms with Crippen LogP contribution in [0.4, 0.5) is 17.1 Å². The van der Waals surface area contributed by atoms with Gasteiger partial charge in [0.15, 0.2) is 0 Å². The smallest absolute Gasteiger partial charge is 0.283 e. The lowest BCUT2D eigenvalue weighted by Gasteiger charge is -2.15. The highest BCUT2D eigenvalue weighted by Gasteiger charge is 2.38. The number of benzene rings is 3. The van der Waals surface area contributed by atoms with Gasteiger partial charge >= 0.3 is 0 Å². The Morgan fingerprint density at radius 2 is 1.49 bits per heavy atom. The standard InChI is InChI=1S/C26H21Cl2N3O4/c1-2-35-21-13-11-20(12-14-21)31-25(33)23(28)24(26(31)34)30-19-7-3-16(4-8-19)15-22(32)29-18-9-5-17(27)6-10-18/h3-14,30H,2,15H2,1H3,(H,29,32). The van der Waals surface area contributed by atoms with Crippen LogP contribution in [0.1, 0.15) is 12.5 Å². The number of hydrogen-bond acceptors (Lipinski definition) is 5. The van der Waals surface area contributed by atoms with Crippen molar-refractivity contribution in [1.29, 1.82) is 0 Å². The molecule has 4 rings (SSSR count). The van der Waals surface area contributed by atoms with Crippen LogP contribution >= 0.6 is 23.2 Å². The monoisotopic (exact) mass is 509 g/mol. The molecule has 3 amide bonds. The Balaban J connectivity index is 1.40. The van der Waals surface area contributed by atoms with Crippen molar-refractivity contribution in [2.45, 2.75) is 13.3 Å². The number of nitrogens with one attached hydrogen (secondary N) is 2. The van der Waals surface area contributed by atoms with E-state index in [0.717, 1.165) is 10.5 Å². The third kappa shape index (κ3) is 5.65. The van der Waals surface area contributed by atoms with Crippen LogP contribution in [0.5, 0.6) is 5.75 Å². The summed E-state index contributed by atoms with van der Waals surface area (Å²) in [5.74, 6) is -0.717. The number of carbonyl (C=O) groups is 3. The summed E-state index contributed by atoms with van der Waals surface area (Å²) in [6.45, 7) is 2.37. The molecule has 2 N–H and O–H groups in total. The molecule has 0 fully saturated rings. The summed E-state index contributed by atoms with van der Waals surface area (Å²) in [4.78, 5) is 38.9. The first kappa shape index (κ1) is 24.3. The lowest BCUT2D eigenvalue weighted by molar-refractivity contribution is -0.120. The van der Waals surface area contributed by atoms with Gasteiger partial charge in [-0.2, -0.15) is 0 Å². The zero-order chi connectivity index (χ0) is 24.9. The van der Waals surface area contributed by atoms with Crippen molar-refractivity contribution < 1.29 is 19.1 Å². The van der Waals surface area contributed by atoms with Crippen LogP contribution in [0.15, 0.2) is 83.5 Å². The lowest BCUT2D eigenvalue weighted by atomic mass is 10.1. The number of anilines is 3. The molecular weight excluding hydrogens is 489 g/mol. The minimum atomic E-state index is -0.612. The maximum absolute atomic E-state index is 13.0. The third-order valence-corrected chi connectivity index (χ3v) is 5.75. The van der Waals surface area contributed by atoms with Gasteiger partial charge in [-0.15, -0.1) is 0 Å². The average molecular weight is 510 g/mol. The van der Waals surface area contributed by atoms with E-state index in [2.05, 4.69) is 10.6 Å². The SMILES string of the molecule is CCOc1ccc(N2C(=O)C(Cl)=C(Nc3ccc(CC(=O)Nc4ccc(Cl)cc4)cc3)C2=O)cc1. The molecule has 0 unspecified atom stereocenters. The molecule has 3 aromatic carbocycles. The van der Waals surface area contributed by atoms with Crippen molar-refractivity contribution in [2.75, 3.05) is 22.1 Å². The van der Waals surface area contributed by atoms with Gasteiger partial charge in [0.1, 0.15) is 16.5 Å². The quantitative estimate of drug-likeness (QED) is 0.399. The highest BCUT2D eigenvalue weighted by atomic mass is 35.5. The molecule has 0 saturated heterocycles. The summed E-state index contributed by atoms with van der Waals surface area (Å²) in [5, 5.41) is 6.12. The number of ether oxygens (including phenoxy) is 1. The van der Waals surface area contributed by atoms with E-state index in [9.17, 15) is 14.4 Å². The highest BCUT2D eigenvalue weighted by Crippen LogP contribution is 2.31. The second-order valence-corrected chi connectivity index (χ2v) is 8.43. The first-order valence-electron chi connectivity index (χ1n) is 10.8. The molecule has 0 radical (unpaired) electrons. The summed E-state index contributed by atoms with van der Waals surface area (Å²) < 4.78 is 5.40. The fourth-order valence-electron chi connectivity index (χ4n) is 3.48. The molecule has 1 aliphatic heterocycles. The van der Waals surface area contributed by atoms with Crippen molar-refractivity contribution in [3.63, 3.8) is 0 Å². The molecule has 0 saturated carbocycles. The van der Waals surface area contributed by atoms with Gasteiger partial charge in [0.25, 0.3) is 11.8 Å². The van der Waals surface area contributed by atoms with Crippen LogP contribution in [0.3, 0.4) is 0 Å². The van der Waals surface area contributed by atoms with E-state index in [0.29, 0.717) is 34.4 Å². The van der Waals surface area contributed by atoms with Crippen LogP contribution in [0, 0.1) is 0 Å². The van der Waals surface area contributed by atoms with E-state index >= 15 is 0 Å². The van der Waals surface area contributed by atoms with Gasteiger partial charge in [-0.05, 0) is 73.2 Å². The van der Waals surface area contributed by atoms with Crippen molar-refractivity contribution in [3.8, 4) is 5.75 Å². The van der Waals surface area contributed by atoms with Gasteiger partial charge in [-0.25, -0.2) is 4.90 Å². The van der Waals surface area contributed by atoms with E-state index < -0.39 is 11.8 Å². The summed E-state index contributed by atoms with van der Waals surface area (Å²) in [6.07, 6.45) is 0.162. The van der Waals surface area contributed by atoms with E-state index in [1.165, 1.54) is 0 Å². The molecule has 1 aliphatic rings. The zero-order valence-electron chi connectivity index (χ0n) is 18.7. The molecule has 1 heterocycles. The zero-order valence-corrected chi connectivity index (χ0v) is 20.2. The molecule has 0 aromatic heterocycles. The molecule has 35 heavy (non-hydrogen) atoms. The van der Waals surface area contributed by atoms with E-state index in [1.54, 1.807) is 72.8 Å². The highest BCUT2D eigenvalue weighted by molar-refractivity contribution is 6.53. The number of halogens is 2. The second kappa shape index (κ2) is 10.6. The van der Waals surface area contributed by atoms with Crippen LogP contribution in [-0.4, -0.2) is 24.3 Å². The molecular formula is C26H21Cl2N3O4. The predicted molar refractivity (Wildman–Crippen MR) is 137 cm³/mol. The minimum Gasteiger partial charge on any atom is -0.494 e. The molecule has 178 valence electrons. The van der Waals surface area contributed by atoms with Crippen molar-refractivity contribution in [1.82, 2.24) is 0 Å². The van der Waals surface area contributed by atoms with E-state index in [4.69, 9.17) is 27.9 Å². The third-order valence-electron chi connectivity index (χ3n) is 5.15. The predicted octanol–water partition coefficient (Wildman–Crippen LogP) is 5.36. The molecule has 0 bridgehead atoms. The van der Waals surface area contributed by atoms with E-state index in [1.807, 2.05) is 6.92 Å². The Kier molecular flexibility index (Phi) is 7.39. The Morgan fingerprint density at radius 3 is 2.11 bits per heavy atom. The number of carbonyl (C=O) groups excluding carboxylic acids is 3. The van der Waals surface area contributed by atoms with Gasteiger partial charge in [-0.1, -0.05) is 35.3 Å². The summed E-state index contributed by atoms with van der Waals surface area (Å²) in [5.41, 5.74) is 2.35. The minimum absolute atomic E-state index is 0.0150. The van der Waals surface area contributed by atoms with Crippen molar-refractivity contribution >= 4 is 58.0 Å². The molecule has 0 aliphatic carbocycles. The first-order chi connectivity index (χ1) is 16.9. The molecule has 0 spiro atoms. The Bertz CT molecular complexity index is 1290.